The van der Waals surface area contributed by atoms with Gasteiger partial charge in [-0.05, 0) is 36.8 Å². The summed E-state index contributed by atoms with van der Waals surface area (Å²) in [5, 5.41) is 18.1. The molecule has 0 fully saturated rings. The molecule has 0 bridgehead atoms. The number of nitro groups is 1. The first-order valence-corrected chi connectivity index (χ1v) is 8.12. The zero-order chi connectivity index (χ0) is 18.7. The van der Waals surface area contributed by atoms with Crippen LogP contribution in [0.4, 0.5) is 28.7 Å². The van der Waals surface area contributed by atoms with Crippen LogP contribution < -0.4 is 10.6 Å². The van der Waals surface area contributed by atoms with Crippen molar-refractivity contribution in [2.24, 2.45) is 0 Å². The number of nitrogens with one attached hydrogen (secondary N) is 2. The molecule has 3 aromatic rings. The first kappa shape index (κ1) is 17.8. The van der Waals surface area contributed by atoms with Gasteiger partial charge >= 0.3 is 5.69 Å². The maximum Gasteiger partial charge on any atom is 0.353 e. The first-order chi connectivity index (χ1) is 12.5. The topological polar surface area (TPSA) is 106 Å². The van der Waals surface area contributed by atoms with Crippen molar-refractivity contribution in [1.82, 2.24) is 15.0 Å². The second-order valence-corrected chi connectivity index (χ2v) is 5.95. The van der Waals surface area contributed by atoms with Crippen LogP contribution in [-0.2, 0) is 0 Å². The Hall–Kier alpha value is -2.97. The van der Waals surface area contributed by atoms with Crippen LogP contribution in [0.15, 0.2) is 42.9 Å². The van der Waals surface area contributed by atoms with E-state index in [1.54, 1.807) is 37.3 Å². The molecule has 0 radical (unpaired) electrons. The van der Waals surface area contributed by atoms with Gasteiger partial charge in [-0.2, -0.15) is 0 Å². The van der Waals surface area contributed by atoms with Crippen LogP contribution in [0.3, 0.4) is 0 Å². The van der Waals surface area contributed by atoms with Gasteiger partial charge < -0.3 is 10.6 Å². The van der Waals surface area contributed by atoms with Gasteiger partial charge in [0.1, 0.15) is 6.33 Å². The van der Waals surface area contributed by atoms with E-state index in [0.29, 0.717) is 16.4 Å². The fourth-order valence-corrected chi connectivity index (χ4v) is 2.55. The molecule has 26 heavy (non-hydrogen) atoms. The molecule has 132 valence electrons. The van der Waals surface area contributed by atoms with Crippen LogP contribution in [0, 0.1) is 17.0 Å². The molecule has 0 unspecified atom stereocenters. The molecule has 2 aromatic heterocycles. The minimum Gasteiger partial charge on any atom is -0.334 e. The highest BCUT2D eigenvalue weighted by atomic mass is 35.5. The van der Waals surface area contributed by atoms with E-state index in [2.05, 4.69) is 25.6 Å². The lowest BCUT2D eigenvalue weighted by Crippen LogP contribution is -2.06. The van der Waals surface area contributed by atoms with Gasteiger partial charge in [-0.3, -0.25) is 10.1 Å². The molecular formula is C16H12Cl2N6O2. The summed E-state index contributed by atoms with van der Waals surface area (Å²) in [6.45, 7) is 1.80. The number of benzene rings is 1. The highest BCUT2D eigenvalue weighted by Gasteiger charge is 2.24. The monoisotopic (exact) mass is 390 g/mol. The standard InChI is InChI=1S/C16H12Cl2N6O2/c1-9-10(17)4-2-5-11(9)22-15-13(24(25)26)16(21-8-20-15)23-12-6-3-7-19-14(12)18/h2-8H,1H3,(H2,20,21,22,23). The molecule has 10 heteroatoms. The Bertz CT molecular complexity index is 983. The summed E-state index contributed by atoms with van der Waals surface area (Å²) in [5.41, 5.74) is 1.41. The van der Waals surface area contributed by atoms with E-state index < -0.39 is 4.92 Å². The molecule has 0 atom stereocenters. The van der Waals surface area contributed by atoms with Crippen LogP contribution in [0.25, 0.3) is 0 Å². The van der Waals surface area contributed by atoms with E-state index in [1.807, 2.05) is 0 Å². The van der Waals surface area contributed by atoms with Crippen LogP contribution >= 0.6 is 23.2 Å². The van der Waals surface area contributed by atoms with E-state index in [-0.39, 0.29) is 22.5 Å². The molecule has 2 N–H and O–H groups in total. The van der Waals surface area contributed by atoms with Gasteiger partial charge in [-0.15, -0.1) is 0 Å². The summed E-state index contributed by atoms with van der Waals surface area (Å²) in [5.74, 6) is 0.0139. The fraction of sp³-hybridized carbons (Fsp3) is 0.0625. The van der Waals surface area contributed by atoms with Crippen molar-refractivity contribution < 1.29 is 4.92 Å². The first-order valence-electron chi connectivity index (χ1n) is 7.36. The van der Waals surface area contributed by atoms with Crippen LogP contribution in [0.2, 0.25) is 10.2 Å². The molecular weight excluding hydrogens is 379 g/mol. The highest BCUT2D eigenvalue weighted by molar-refractivity contribution is 6.32. The third-order valence-corrected chi connectivity index (χ3v) is 4.25. The number of anilines is 4. The molecule has 1 aromatic carbocycles. The van der Waals surface area contributed by atoms with Crippen molar-refractivity contribution >= 4 is 51.9 Å². The second kappa shape index (κ2) is 7.51. The van der Waals surface area contributed by atoms with E-state index in [9.17, 15) is 10.1 Å². The Morgan fingerprint density at radius 1 is 1.00 bits per heavy atom. The molecule has 0 saturated carbocycles. The van der Waals surface area contributed by atoms with Crippen LogP contribution in [0.1, 0.15) is 5.56 Å². The van der Waals surface area contributed by atoms with Gasteiger partial charge in [-0.1, -0.05) is 29.3 Å². The Labute approximate surface area is 158 Å². The maximum atomic E-state index is 11.6. The molecule has 8 nitrogen and oxygen atoms in total. The number of rotatable bonds is 5. The van der Waals surface area contributed by atoms with Crippen LogP contribution in [0.5, 0.6) is 0 Å². The predicted octanol–water partition coefficient (Wildman–Crippen LogP) is 4.88. The fourth-order valence-electron chi connectivity index (χ4n) is 2.21. The van der Waals surface area contributed by atoms with Gasteiger partial charge in [0, 0.05) is 16.9 Å². The Balaban J connectivity index is 2.03. The molecule has 0 aliphatic heterocycles. The number of aromatic nitrogens is 3. The minimum absolute atomic E-state index is 0.0120. The SMILES string of the molecule is Cc1c(Cl)cccc1Nc1ncnc(Nc2cccnc2Cl)c1[N+](=O)[O-]. The Kier molecular flexibility index (Phi) is 5.15. The largest absolute Gasteiger partial charge is 0.353 e. The third kappa shape index (κ3) is 3.66. The van der Waals surface area contributed by atoms with Crippen molar-refractivity contribution in [3.05, 3.63) is 68.7 Å². The van der Waals surface area contributed by atoms with E-state index in [4.69, 9.17) is 23.2 Å². The summed E-state index contributed by atoms with van der Waals surface area (Å²) in [6.07, 6.45) is 2.72. The lowest BCUT2D eigenvalue weighted by molar-refractivity contribution is -0.383. The van der Waals surface area contributed by atoms with Crippen molar-refractivity contribution in [3.8, 4) is 0 Å². The smallest absolute Gasteiger partial charge is 0.334 e. The maximum absolute atomic E-state index is 11.6. The summed E-state index contributed by atoms with van der Waals surface area (Å²) in [7, 11) is 0. The number of hydrogen-bond donors (Lipinski definition) is 2. The summed E-state index contributed by atoms with van der Waals surface area (Å²) in [6, 6.07) is 8.50. The average Bonchev–Trinajstić information content (AvgIpc) is 2.61. The van der Waals surface area contributed by atoms with Crippen molar-refractivity contribution in [3.63, 3.8) is 0 Å². The zero-order valence-corrected chi connectivity index (χ0v) is 14.9. The molecule has 0 aliphatic carbocycles. The zero-order valence-electron chi connectivity index (χ0n) is 13.4. The van der Waals surface area contributed by atoms with Gasteiger partial charge in [0.15, 0.2) is 5.15 Å². The Morgan fingerprint density at radius 2 is 1.65 bits per heavy atom. The van der Waals surface area contributed by atoms with Crippen LogP contribution in [-0.4, -0.2) is 19.9 Å². The molecule has 2 heterocycles. The Morgan fingerprint density at radius 3 is 2.31 bits per heavy atom. The van der Waals surface area contributed by atoms with E-state index >= 15 is 0 Å². The summed E-state index contributed by atoms with van der Waals surface area (Å²) < 4.78 is 0. The molecule has 0 saturated heterocycles. The third-order valence-electron chi connectivity index (χ3n) is 3.54. The van der Waals surface area contributed by atoms with E-state index in [0.717, 1.165) is 5.56 Å². The summed E-state index contributed by atoms with van der Waals surface area (Å²) >= 11 is 12.1. The van der Waals surface area contributed by atoms with Gasteiger partial charge in [0.25, 0.3) is 0 Å². The van der Waals surface area contributed by atoms with Crippen molar-refractivity contribution in [2.45, 2.75) is 6.92 Å². The van der Waals surface area contributed by atoms with Crippen molar-refractivity contribution in [2.75, 3.05) is 10.6 Å². The number of hydrogen-bond acceptors (Lipinski definition) is 7. The lowest BCUT2D eigenvalue weighted by atomic mass is 10.2. The van der Waals surface area contributed by atoms with Crippen molar-refractivity contribution in [1.29, 1.82) is 0 Å². The van der Waals surface area contributed by atoms with Gasteiger partial charge in [0.2, 0.25) is 11.6 Å². The molecule has 0 spiro atoms. The van der Waals surface area contributed by atoms with Gasteiger partial charge in [-0.25, -0.2) is 15.0 Å². The average molecular weight is 391 g/mol. The predicted molar refractivity (Wildman–Crippen MR) is 101 cm³/mol. The molecule has 0 amide bonds. The number of halogens is 2. The minimum atomic E-state index is -0.575. The number of pyridine rings is 1. The van der Waals surface area contributed by atoms with Gasteiger partial charge in [0.05, 0.1) is 10.6 Å². The second-order valence-electron chi connectivity index (χ2n) is 5.18. The molecule has 0 aliphatic rings. The quantitative estimate of drug-likeness (QED) is 0.363. The lowest BCUT2D eigenvalue weighted by Gasteiger charge is -2.12. The summed E-state index contributed by atoms with van der Waals surface area (Å²) in [4.78, 5) is 22.9. The number of nitrogens with zero attached hydrogens (tertiary/aromatic N) is 4. The van der Waals surface area contributed by atoms with E-state index in [1.165, 1.54) is 12.5 Å². The highest BCUT2D eigenvalue weighted by Crippen LogP contribution is 2.35. The normalized spacial score (nSPS) is 10.4. The molecule has 3 rings (SSSR count).